The predicted octanol–water partition coefficient (Wildman–Crippen LogP) is 18.4. The van der Waals surface area contributed by atoms with Crippen LogP contribution in [-0.4, -0.2) is 19.6 Å². The van der Waals surface area contributed by atoms with Gasteiger partial charge in [0.25, 0.3) is 0 Å². The lowest BCUT2D eigenvalue weighted by molar-refractivity contribution is 0.446. The van der Waals surface area contributed by atoms with E-state index in [0.29, 0.717) is 28.1 Å². The highest BCUT2D eigenvalue weighted by Crippen LogP contribution is 2.46. The molecule has 0 saturated carbocycles. The summed E-state index contributed by atoms with van der Waals surface area (Å²) in [7, 11) is 0. The van der Waals surface area contributed by atoms with E-state index in [1.807, 2.05) is 79.2 Å². The van der Waals surface area contributed by atoms with Crippen LogP contribution < -0.4 is 0 Å². The van der Waals surface area contributed by atoms with Crippen molar-refractivity contribution < 1.29 is 10.6 Å². The molecule has 0 aliphatic carbocycles. The van der Waals surface area contributed by atoms with Crippen molar-refractivity contribution in [1.29, 1.82) is 0 Å². The number of aromatic nitrogens is 3. The smallest absolute Gasteiger partial charge is 0.149 e. The minimum atomic E-state index is -2.53. The van der Waals surface area contributed by atoms with E-state index < -0.39 is 18.2 Å². The van der Waals surface area contributed by atoms with Crippen molar-refractivity contribution in [2.45, 2.75) is 158 Å². The fourth-order valence-electron chi connectivity index (χ4n) is 9.27. The van der Waals surface area contributed by atoms with Gasteiger partial charge in [0.15, 0.2) is 0 Å². The summed E-state index contributed by atoms with van der Waals surface area (Å²) in [5.41, 5.74) is 15.0. The Morgan fingerprint density at radius 2 is 1.07 bits per heavy atom. The summed E-state index contributed by atoms with van der Waals surface area (Å²) >= 11 is 0. The van der Waals surface area contributed by atoms with Gasteiger partial charge in [-0.3, -0.25) is 9.55 Å². The van der Waals surface area contributed by atoms with Crippen LogP contribution in [0.4, 0.5) is 0 Å². The third-order valence-electron chi connectivity index (χ3n) is 13.9. The Balaban J connectivity index is 1.43. The number of hydrogen-bond donors (Lipinski definition) is 1. The number of aromatic hydroxyl groups is 1. The largest absolute Gasteiger partial charge is 0.507 e. The third-order valence-corrected chi connectivity index (χ3v) is 13.9. The third kappa shape index (κ3) is 10.0. The molecule has 6 aromatic carbocycles. The lowest BCUT2D eigenvalue weighted by atomic mass is 9.78. The van der Waals surface area contributed by atoms with Crippen LogP contribution in [0.1, 0.15) is 168 Å². The van der Waals surface area contributed by atoms with Crippen molar-refractivity contribution in [2.75, 3.05) is 0 Å². The molecule has 0 aliphatic heterocycles. The first-order valence-corrected chi connectivity index (χ1v) is 24.9. The number of phenolic OH excluding ortho intramolecular Hbond substituents is 1. The highest BCUT2D eigenvalue weighted by molar-refractivity contribution is 5.97. The van der Waals surface area contributed by atoms with E-state index in [1.165, 1.54) is 11.1 Å². The van der Waals surface area contributed by atoms with Crippen LogP contribution in [-0.2, 0) is 27.1 Å². The van der Waals surface area contributed by atoms with Crippen LogP contribution in [0.5, 0.6) is 5.75 Å². The van der Waals surface area contributed by atoms with Crippen molar-refractivity contribution in [3.63, 3.8) is 0 Å². The second-order valence-electron chi connectivity index (χ2n) is 25.0. The van der Waals surface area contributed by atoms with Gasteiger partial charge in [0, 0.05) is 28.4 Å². The van der Waals surface area contributed by atoms with E-state index in [9.17, 15) is 9.22 Å². The number of benzene rings is 6. The molecule has 70 heavy (non-hydrogen) atoms. The normalized spacial score (nSPS) is 14.1. The molecule has 2 aromatic heterocycles. The molecule has 0 atom stereocenters. The quantitative estimate of drug-likeness (QED) is 0.173. The molecule has 0 unspecified atom stereocenters. The van der Waals surface area contributed by atoms with E-state index in [1.54, 1.807) is 0 Å². The van der Waals surface area contributed by atoms with Gasteiger partial charge >= 0.3 is 0 Å². The van der Waals surface area contributed by atoms with Crippen molar-refractivity contribution in [2.24, 2.45) is 0 Å². The van der Waals surface area contributed by atoms with Gasteiger partial charge in [-0.1, -0.05) is 190 Å². The highest BCUT2D eigenvalue weighted by Gasteiger charge is 2.30. The van der Waals surface area contributed by atoms with Gasteiger partial charge in [-0.25, -0.2) is 4.98 Å². The monoisotopic (exact) mass is 932 g/mol. The molecular weight excluding hydrogens is 851 g/mol. The molecule has 0 radical (unpaired) electrons. The Morgan fingerprint density at radius 1 is 0.514 bits per heavy atom. The van der Waals surface area contributed by atoms with Crippen molar-refractivity contribution in [3.8, 4) is 67.5 Å². The minimum absolute atomic E-state index is 0.116. The molecule has 0 saturated heterocycles. The topological polar surface area (TPSA) is 50.9 Å². The summed E-state index contributed by atoms with van der Waals surface area (Å²) in [6, 6.07) is 41.7. The van der Waals surface area contributed by atoms with Gasteiger partial charge in [0.1, 0.15) is 11.6 Å². The first-order valence-electron chi connectivity index (χ1n) is 26.9. The summed E-state index contributed by atoms with van der Waals surface area (Å²) in [5, 5.41) is 12.6. The van der Waals surface area contributed by atoms with Crippen molar-refractivity contribution in [3.05, 3.63) is 166 Å². The van der Waals surface area contributed by atoms with Gasteiger partial charge in [0.2, 0.25) is 0 Å². The van der Waals surface area contributed by atoms with Gasteiger partial charge in [-0.15, -0.1) is 0 Å². The summed E-state index contributed by atoms with van der Waals surface area (Å²) in [4.78, 5) is 10.5. The Labute approximate surface area is 425 Å². The lowest BCUT2D eigenvalue weighted by Gasteiger charge is -2.27. The Hall–Kier alpha value is -6.26. The van der Waals surface area contributed by atoms with E-state index in [4.69, 9.17) is 11.3 Å². The number of hydrogen-bond acceptors (Lipinski definition) is 3. The highest BCUT2D eigenvalue weighted by atomic mass is 16.3. The number of nitrogens with zero attached hydrogens (tertiary/aromatic N) is 3. The predicted molar refractivity (Wildman–Crippen MR) is 300 cm³/mol. The standard InChI is InChI=1S/C66H77N3O/c1-40(2)42-22-24-43(25-23-42)45-28-29-67-56(36-45)48-31-47(34-49(35-48)62(4,5)6)53-20-19-21-58-59(53)68-61(54-38-52(65(13,14)15)39-55(60(54)70)66(16,17)18)69(58)57-27-26-44(30-41(57)3)46-32-50(63(7,8)9)37-51(33-46)64(10,11)12/h19-40,70H,1-18H3/i3D3,40D. The van der Waals surface area contributed by atoms with Gasteiger partial charge in [0.05, 0.1) is 28.0 Å². The average molecular weight is 932 g/mol. The van der Waals surface area contributed by atoms with Gasteiger partial charge < -0.3 is 5.11 Å². The van der Waals surface area contributed by atoms with Crippen LogP contribution in [0.2, 0.25) is 0 Å². The molecule has 0 aliphatic rings. The van der Waals surface area contributed by atoms with Gasteiger partial charge in [-0.05, 0) is 150 Å². The van der Waals surface area contributed by atoms with Crippen LogP contribution >= 0.6 is 0 Å². The number of imidazole rings is 1. The fourth-order valence-corrected chi connectivity index (χ4v) is 9.27. The maximum Gasteiger partial charge on any atom is 0.149 e. The zero-order valence-corrected chi connectivity index (χ0v) is 44.9. The molecule has 1 N–H and O–H groups in total. The molecule has 0 spiro atoms. The number of pyridine rings is 1. The maximum absolute atomic E-state index is 12.6. The number of para-hydroxylation sites is 1. The lowest BCUT2D eigenvalue weighted by Crippen LogP contribution is -2.17. The number of rotatable bonds is 7. The van der Waals surface area contributed by atoms with Crippen molar-refractivity contribution in [1.82, 2.24) is 14.5 Å². The van der Waals surface area contributed by atoms with Crippen molar-refractivity contribution >= 4 is 11.0 Å². The fraction of sp³-hybridized carbons (Fsp3) is 0.364. The van der Waals surface area contributed by atoms with E-state index in [-0.39, 0.29) is 33.0 Å². The zero-order chi connectivity index (χ0) is 54.5. The summed E-state index contributed by atoms with van der Waals surface area (Å²) < 4.78 is 38.2. The summed E-state index contributed by atoms with van der Waals surface area (Å²) in [6.45, 7) is 34.0. The summed E-state index contributed by atoms with van der Waals surface area (Å²) in [6.07, 6.45) is 1.85. The molecule has 2 heterocycles. The molecule has 0 fully saturated rings. The minimum Gasteiger partial charge on any atom is -0.507 e. The van der Waals surface area contributed by atoms with Crippen LogP contribution in [0, 0.1) is 6.85 Å². The Morgan fingerprint density at radius 3 is 1.66 bits per heavy atom. The molecule has 0 amide bonds. The summed E-state index contributed by atoms with van der Waals surface area (Å²) in [5.74, 6) is -0.133. The first kappa shape index (κ1) is 44.9. The molecule has 8 aromatic rings. The van der Waals surface area contributed by atoms with Gasteiger partial charge in [-0.2, -0.15) is 0 Å². The molecular formula is C66H77N3O. The molecule has 362 valence electrons. The average Bonchev–Trinajstić information content (AvgIpc) is 3.68. The SMILES string of the molecule is [2H]C([2H])([2H])c1cc(-c2cc(C(C)(C)C)cc(C(C)(C)C)c2)ccc1-n1c(-c2cc(C(C)(C)C)cc(C(C)(C)C)c2O)nc2c(-c3cc(-c4cc(-c5ccc(C([2H])(C)C)cc5)ccn4)cc(C(C)(C)C)c3)cccc21. The first-order chi connectivity index (χ1) is 34.0. The molecule has 4 nitrogen and oxygen atoms in total. The molecule has 4 heteroatoms. The van der Waals surface area contributed by atoms with Crippen LogP contribution in [0.3, 0.4) is 0 Å². The second-order valence-corrected chi connectivity index (χ2v) is 25.0. The number of fused-ring (bicyclic) bond motifs is 1. The molecule has 8 rings (SSSR count). The number of phenols is 1. The number of aryl methyl sites for hydroxylation is 1. The van der Waals surface area contributed by atoms with Crippen LogP contribution in [0.15, 0.2) is 128 Å². The van der Waals surface area contributed by atoms with E-state index in [2.05, 4.69) is 171 Å². The van der Waals surface area contributed by atoms with E-state index >= 15 is 0 Å². The maximum atomic E-state index is 12.6. The van der Waals surface area contributed by atoms with E-state index in [0.717, 1.165) is 66.9 Å². The Kier molecular flexibility index (Phi) is 11.5. The second kappa shape index (κ2) is 17.9. The molecule has 0 bridgehead atoms. The zero-order valence-electron chi connectivity index (χ0n) is 48.9. The Bertz CT molecular complexity index is 3390. The van der Waals surface area contributed by atoms with Crippen LogP contribution in [0.25, 0.3) is 72.7 Å².